The first-order valence-electron chi connectivity index (χ1n) is 6.17. The molecule has 0 N–H and O–H groups in total. The SMILES string of the molecule is C.CC(C)C(C)O[C-]=O.C[C-](c1[c-]oc(=O)o1)C(C)C.[Re].[Rf].[Rh]. The number of ether oxygens (including phenoxy) is 1. The first-order valence-corrected chi connectivity index (χ1v) is 6.17. The predicted octanol–water partition coefficient (Wildman–Crippen LogP) is 3.38. The predicted molar refractivity (Wildman–Crippen MR) is 76.7 cm³/mol. The van der Waals surface area contributed by atoms with Crippen molar-refractivity contribution in [2.24, 2.45) is 11.8 Å². The summed E-state index contributed by atoms with van der Waals surface area (Å²) in [6.45, 7) is 13.1. The van der Waals surface area contributed by atoms with Crippen molar-refractivity contribution in [2.45, 2.75) is 55.1 Å². The van der Waals surface area contributed by atoms with E-state index in [0.29, 0.717) is 17.6 Å². The second-order valence-corrected chi connectivity index (χ2v) is 4.87. The van der Waals surface area contributed by atoms with Crippen molar-refractivity contribution in [1.29, 1.82) is 0 Å². The van der Waals surface area contributed by atoms with Crippen LogP contribution in [-0.4, -0.2) is 12.6 Å². The minimum atomic E-state index is -0.694. The third kappa shape index (κ3) is 14.0. The van der Waals surface area contributed by atoms with Gasteiger partial charge in [-0.15, -0.1) is 0 Å². The summed E-state index contributed by atoms with van der Waals surface area (Å²) in [5, 5.41) is 0. The van der Waals surface area contributed by atoms with Crippen LogP contribution in [0.25, 0.3) is 0 Å². The Bertz CT molecular complexity index is 420. The van der Waals surface area contributed by atoms with E-state index in [2.05, 4.69) is 15.4 Å². The summed E-state index contributed by atoms with van der Waals surface area (Å²) < 4.78 is 13.6. The van der Waals surface area contributed by atoms with Gasteiger partial charge in [0.15, 0.2) is 0 Å². The fourth-order valence-corrected chi connectivity index (χ4v) is 0.848. The normalized spacial score (nSPS) is 9.74. The molecular weight excluding hydrogens is 816 g/mol. The Kier molecular flexibility index (Phi) is 24.6. The largest absolute Gasteiger partial charge is 0.651 e. The van der Waals surface area contributed by atoms with Crippen LogP contribution < -0.4 is 5.82 Å². The van der Waals surface area contributed by atoms with Crippen LogP contribution in [0.3, 0.4) is 0 Å². The third-order valence-electron chi connectivity index (χ3n) is 2.81. The molecule has 8 heteroatoms. The van der Waals surface area contributed by atoms with Crippen LogP contribution in [0.15, 0.2) is 13.6 Å². The first kappa shape index (κ1) is 33.3. The quantitative estimate of drug-likeness (QED) is 0.337. The van der Waals surface area contributed by atoms with Gasteiger partial charge in [0, 0.05) is 39.9 Å². The van der Waals surface area contributed by atoms with Crippen molar-refractivity contribution in [3.8, 4) is 0 Å². The fraction of sp³-hybridized carbons (Fsp3) is 0.667. The zero-order valence-electron chi connectivity index (χ0n) is 13.7. The van der Waals surface area contributed by atoms with Crippen molar-refractivity contribution in [2.75, 3.05) is 0 Å². The van der Waals surface area contributed by atoms with Gasteiger partial charge < -0.3 is 24.3 Å². The summed E-state index contributed by atoms with van der Waals surface area (Å²) in [4.78, 5) is 20.0. The second kappa shape index (κ2) is 17.0. The number of hydrogen-bond acceptors (Lipinski definition) is 5. The zero-order chi connectivity index (χ0) is 15.0. The molecule has 0 saturated carbocycles. The Morgan fingerprint density at radius 1 is 1.22 bits per heavy atom. The van der Waals surface area contributed by atoms with Gasteiger partial charge in [0.25, 0.3) is 0 Å². The van der Waals surface area contributed by atoms with E-state index in [1.54, 1.807) is 0 Å². The Labute approximate surface area is 160 Å². The van der Waals surface area contributed by atoms with E-state index >= 15 is 0 Å². The fourth-order valence-electron chi connectivity index (χ4n) is 0.848. The van der Waals surface area contributed by atoms with Gasteiger partial charge in [-0.2, -0.15) is 18.6 Å². The van der Waals surface area contributed by atoms with Gasteiger partial charge in [-0.05, 0) is 12.8 Å². The summed E-state index contributed by atoms with van der Waals surface area (Å²) in [5.74, 6) is 1.42. The van der Waals surface area contributed by atoms with E-state index in [1.807, 2.05) is 41.5 Å². The van der Waals surface area contributed by atoms with Crippen LogP contribution in [0.5, 0.6) is 0 Å². The summed E-state index contributed by atoms with van der Waals surface area (Å²) in [6.07, 6.45) is 2.39. The van der Waals surface area contributed by atoms with Crippen molar-refractivity contribution in [3.63, 3.8) is 0 Å². The molecule has 0 aliphatic rings. The number of rotatable bonds is 5. The van der Waals surface area contributed by atoms with Crippen molar-refractivity contribution >= 4 is 6.47 Å². The smallest absolute Gasteiger partial charge is 0.477 e. The second-order valence-electron chi connectivity index (χ2n) is 4.87. The molecule has 1 atom stereocenters. The molecule has 0 aromatic carbocycles. The molecule has 0 amide bonds. The molecule has 2 radical (unpaired) electrons. The molecular formula is C15H25O5ReRfRh-3. The summed E-state index contributed by atoms with van der Waals surface area (Å²) in [5.41, 5.74) is 0. The van der Waals surface area contributed by atoms with Crippen LogP contribution in [0, 0.1) is 24.0 Å². The first-order chi connectivity index (χ1) is 8.79. The van der Waals surface area contributed by atoms with Crippen LogP contribution >= 0.6 is 0 Å². The standard InChI is InChI=1S/C8H10O3.C6H11O2.CH4.Re.Rf.Rh/c1-5(2)6(3)7-4-10-8(9)11-7;1-5(2)6(3)8-4-7;;;;/h5H,1-3H3;5-6H,1-3H3;1H4;;;/q-2;-1;;;;. The molecule has 23 heavy (non-hydrogen) atoms. The average Bonchev–Trinajstić information content (AvgIpc) is 2.75. The van der Waals surface area contributed by atoms with Crippen LogP contribution in [0.1, 0.15) is 54.7 Å². The molecule has 136 valence electrons. The minimum absolute atomic E-state index is 0. The van der Waals surface area contributed by atoms with Crippen LogP contribution in [0.4, 0.5) is 0 Å². The van der Waals surface area contributed by atoms with Gasteiger partial charge in [0.05, 0.1) is 6.10 Å². The van der Waals surface area contributed by atoms with Gasteiger partial charge in [0.2, 0.25) is 0 Å². The summed E-state index contributed by atoms with van der Waals surface area (Å²) in [6, 6.07) is 0. The summed E-state index contributed by atoms with van der Waals surface area (Å²) in [7, 11) is 0. The Hall–Kier alpha value is -1.36. The number of hydrogen-bond donors (Lipinski definition) is 0. The van der Waals surface area contributed by atoms with E-state index in [4.69, 9.17) is 4.42 Å². The Balaban J connectivity index is -0.0000000830. The van der Waals surface area contributed by atoms with Crippen LogP contribution in [0.2, 0.25) is 0 Å². The van der Waals surface area contributed by atoms with Gasteiger partial charge in [-0.3, -0.25) is 6.26 Å². The monoisotopic (exact) mass is 842 g/mol. The third-order valence-corrected chi connectivity index (χ3v) is 2.81. The summed E-state index contributed by atoms with van der Waals surface area (Å²) >= 11 is 0. The minimum Gasteiger partial charge on any atom is -0.651 e. The molecule has 0 fully saturated rings. The number of carbonyl (C=O) groups excluding carboxylic acids is 1. The van der Waals surface area contributed by atoms with Crippen molar-refractivity contribution in [1.82, 2.24) is 0 Å². The Morgan fingerprint density at radius 3 is 1.91 bits per heavy atom. The maximum atomic E-state index is 10.4. The van der Waals surface area contributed by atoms with Crippen molar-refractivity contribution in [3.05, 3.63) is 28.6 Å². The van der Waals surface area contributed by atoms with Gasteiger partial charge in [-0.1, -0.05) is 41.6 Å². The molecule has 5 nitrogen and oxygen atoms in total. The molecule has 1 rings (SSSR count). The van der Waals surface area contributed by atoms with Gasteiger partial charge in [0.1, 0.15) is 0 Å². The van der Waals surface area contributed by atoms with E-state index < -0.39 is 5.82 Å². The van der Waals surface area contributed by atoms with Gasteiger partial charge >= 0.3 is 5.82 Å². The maximum Gasteiger partial charge on any atom is 0.477 e. The van der Waals surface area contributed by atoms with Crippen LogP contribution in [-0.2, 0) is 49.4 Å². The van der Waals surface area contributed by atoms with E-state index in [1.165, 1.54) is 6.47 Å². The molecule has 0 aliphatic heterocycles. The topological polar surface area (TPSA) is 69.7 Å². The molecule has 0 bridgehead atoms. The molecule has 1 heterocycles. The molecule has 1 aromatic rings. The molecule has 0 saturated heterocycles. The van der Waals surface area contributed by atoms with E-state index in [0.717, 1.165) is 5.92 Å². The van der Waals surface area contributed by atoms with E-state index in [9.17, 15) is 9.59 Å². The van der Waals surface area contributed by atoms with Crippen molar-refractivity contribution < 1.29 is 58.3 Å². The molecule has 0 spiro atoms. The van der Waals surface area contributed by atoms with E-state index in [-0.39, 0.29) is 53.4 Å². The molecule has 0 aliphatic carbocycles. The van der Waals surface area contributed by atoms with Gasteiger partial charge in [-0.25, -0.2) is 4.79 Å². The maximum absolute atomic E-state index is 10.4. The Morgan fingerprint density at radius 2 is 1.70 bits per heavy atom. The average molecular weight is 841 g/mol. The molecule has 1 aromatic heterocycles. The molecule has 1 unspecified atom stereocenters. The zero-order valence-corrected chi connectivity index (χ0v) is 24.4.